The van der Waals surface area contributed by atoms with Crippen LogP contribution in [0.4, 0.5) is 0 Å². The number of ether oxygens (including phenoxy) is 1. The minimum atomic E-state index is -3.30. The van der Waals surface area contributed by atoms with Crippen molar-refractivity contribution in [3.8, 4) is 0 Å². The number of hydrogen-bond acceptors (Lipinski definition) is 4. The molecule has 0 aromatic heterocycles. The number of nitrogens with one attached hydrogen (secondary N) is 1. The summed E-state index contributed by atoms with van der Waals surface area (Å²) in [5.74, 6) is 0.287. The van der Waals surface area contributed by atoms with Crippen LogP contribution in [0.1, 0.15) is 38.5 Å². The molecule has 0 aliphatic heterocycles. The molecule has 1 N–H and O–H groups in total. The molecule has 0 bridgehead atoms. The average molecular weight is 338 g/mol. The molecular formula is C14H24ClNO4S. The normalized spacial score (nSPS) is 23.3. The molecule has 0 heterocycles. The van der Waals surface area contributed by atoms with Crippen LogP contribution in [0.2, 0.25) is 0 Å². The van der Waals surface area contributed by atoms with Gasteiger partial charge in [-0.1, -0.05) is 12.2 Å². The second-order valence-electron chi connectivity index (χ2n) is 5.27. The molecule has 1 aliphatic carbocycles. The summed E-state index contributed by atoms with van der Waals surface area (Å²) in [5, 5.41) is 0. The van der Waals surface area contributed by atoms with Gasteiger partial charge in [-0.05, 0) is 38.5 Å². The van der Waals surface area contributed by atoms with Gasteiger partial charge in [0.25, 0.3) is 0 Å². The minimum absolute atomic E-state index is 0.00772. The van der Waals surface area contributed by atoms with E-state index in [0.29, 0.717) is 31.6 Å². The summed E-state index contributed by atoms with van der Waals surface area (Å²) in [6.07, 6.45) is 7.85. The smallest absolute Gasteiger partial charge is 0.308 e. The Balaban J connectivity index is 2.33. The highest BCUT2D eigenvalue weighted by molar-refractivity contribution is 7.89. The fraction of sp³-hybridized carbons (Fsp3) is 0.786. The van der Waals surface area contributed by atoms with Gasteiger partial charge in [0.15, 0.2) is 0 Å². The summed E-state index contributed by atoms with van der Waals surface area (Å²) in [7, 11) is -1.92. The lowest BCUT2D eigenvalue weighted by atomic mass is 9.86. The molecule has 0 spiro atoms. The molecule has 7 heteroatoms. The Morgan fingerprint density at radius 1 is 1.29 bits per heavy atom. The van der Waals surface area contributed by atoms with Gasteiger partial charge < -0.3 is 4.74 Å². The fourth-order valence-corrected chi connectivity index (χ4v) is 3.81. The van der Waals surface area contributed by atoms with Gasteiger partial charge in [-0.25, -0.2) is 13.1 Å². The number of sulfonamides is 1. The SMILES string of the molecule is COC(=O)[C@H]1CC[C@H](NS(=O)(=O)CC=CCCCCl)CC1. The highest BCUT2D eigenvalue weighted by atomic mass is 35.5. The van der Waals surface area contributed by atoms with Gasteiger partial charge in [-0.3, -0.25) is 4.79 Å². The Morgan fingerprint density at radius 2 is 1.95 bits per heavy atom. The maximum absolute atomic E-state index is 11.9. The average Bonchev–Trinajstić information content (AvgIpc) is 2.46. The third-order valence-electron chi connectivity index (χ3n) is 3.59. The van der Waals surface area contributed by atoms with Gasteiger partial charge in [0.05, 0.1) is 18.8 Å². The lowest BCUT2D eigenvalue weighted by Gasteiger charge is -2.27. The molecule has 21 heavy (non-hydrogen) atoms. The maximum Gasteiger partial charge on any atom is 0.308 e. The van der Waals surface area contributed by atoms with Crippen LogP contribution in [0.5, 0.6) is 0 Å². The first-order valence-corrected chi connectivity index (χ1v) is 9.46. The Bertz CT molecular complexity index is 442. The first-order chi connectivity index (χ1) is 9.98. The molecule has 5 nitrogen and oxygen atoms in total. The van der Waals surface area contributed by atoms with E-state index in [1.54, 1.807) is 6.08 Å². The van der Waals surface area contributed by atoms with Crippen LogP contribution >= 0.6 is 11.6 Å². The second kappa shape index (κ2) is 9.43. The number of carbonyl (C=O) groups is 1. The summed E-state index contributed by atoms with van der Waals surface area (Å²) in [6.45, 7) is 0. The first kappa shape index (κ1) is 18.5. The van der Waals surface area contributed by atoms with Crippen molar-refractivity contribution in [2.24, 2.45) is 5.92 Å². The number of esters is 1. The standard InChI is InChI=1S/C14H24ClNO4S/c1-20-14(17)12-6-8-13(9-7-12)16-21(18,19)11-5-3-2-4-10-15/h3,5,12-13,16H,2,4,6-11H2,1H3/t12-,13-. The molecule has 1 fully saturated rings. The van der Waals surface area contributed by atoms with Crippen molar-refractivity contribution in [1.82, 2.24) is 4.72 Å². The third kappa shape index (κ3) is 7.29. The van der Waals surface area contributed by atoms with Crippen LogP contribution in [-0.4, -0.2) is 39.2 Å². The van der Waals surface area contributed by atoms with E-state index in [1.165, 1.54) is 7.11 Å². The molecule has 0 saturated heterocycles. The minimum Gasteiger partial charge on any atom is -0.469 e. The molecule has 122 valence electrons. The predicted molar refractivity (Wildman–Crippen MR) is 83.8 cm³/mol. The van der Waals surface area contributed by atoms with Gasteiger partial charge in [0.1, 0.15) is 0 Å². The molecule has 1 saturated carbocycles. The second-order valence-corrected chi connectivity index (χ2v) is 7.45. The van der Waals surface area contributed by atoms with Gasteiger partial charge in [-0.2, -0.15) is 0 Å². The van der Waals surface area contributed by atoms with Crippen LogP contribution in [0, 0.1) is 5.92 Å². The van der Waals surface area contributed by atoms with Crippen molar-refractivity contribution in [3.05, 3.63) is 12.2 Å². The molecule has 0 aromatic rings. The van der Waals surface area contributed by atoms with Crippen molar-refractivity contribution in [3.63, 3.8) is 0 Å². The fourth-order valence-electron chi connectivity index (χ4n) is 2.42. The zero-order valence-electron chi connectivity index (χ0n) is 12.4. The van der Waals surface area contributed by atoms with E-state index >= 15 is 0 Å². The number of allylic oxidation sites excluding steroid dienone is 1. The van der Waals surface area contributed by atoms with Crippen LogP contribution in [0.25, 0.3) is 0 Å². The van der Waals surface area contributed by atoms with Crippen molar-refractivity contribution in [2.75, 3.05) is 18.7 Å². The molecule has 0 atom stereocenters. The highest BCUT2D eigenvalue weighted by Crippen LogP contribution is 2.25. The van der Waals surface area contributed by atoms with E-state index in [1.807, 2.05) is 6.08 Å². The van der Waals surface area contributed by atoms with Crippen LogP contribution in [0.15, 0.2) is 12.2 Å². The van der Waals surface area contributed by atoms with Crippen molar-refractivity contribution >= 4 is 27.6 Å². The molecular weight excluding hydrogens is 314 g/mol. The topological polar surface area (TPSA) is 72.5 Å². The van der Waals surface area contributed by atoms with E-state index in [-0.39, 0.29) is 23.7 Å². The lowest BCUT2D eigenvalue weighted by Crippen LogP contribution is -2.39. The van der Waals surface area contributed by atoms with Crippen LogP contribution in [0.3, 0.4) is 0 Å². The lowest BCUT2D eigenvalue weighted by molar-refractivity contribution is -0.146. The van der Waals surface area contributed by atoms with E-state index in [2.05, 4.69) is 4.72 Å². The van der Waals surface area contributed by atoms with Crippen molar-refractivity contribution in [1.29, 1.82) is 0 Å². The molecule has 0 aromatic carbocycles. The number of rotatable bonds is 8. The van der Waals surface area contributed by atoms with Crippen LogP contribution < -0.4 is 4.72 Å². The number of hydrogen-bond donors (Lipinski definition) is 1. The number of methoxy groups -OCH3 is 1. The largest absolute Gasteiger partial charge is 0.469 e. The number of halogens is 1. The first-order valence-electron chi connectivity index (χ1n) is 7.27. The Morgan fingerprint density at radius 3 is 2.52 bits per heavy atom. The van der Waals surface area contributed by atoms with Gasteiger partial charge in [0, 0.05) is 11.9 Å². The quantitative estimate of drug-likeness (QED) is 0.319. The van der Waals surface area contributed by atoms with E-state index < -0.39 is 10.0 Å². The molecule has 0 amide bonds. The predicted octanol–water partition coefficient (Wildman–Crippen LogP) is 2.21. The number of unbranched alkanes of at least 4 members (excludes halogenated alkanes) is 1. The monoisotopic (exact) mass is 337 g/mol. The van der Waals surface area contributed by atoms with Crippen LogP contribution in [-0.2, 0) is 19.6 Å². The summed E-state index contributed by atoms with van der Waals surface area (Å²) < 4.78 is 31.3. The summed E-state index contributed by atoms with van der Waals surface area (Å²) >= 11 is 5.55. The number of carbonyl (C=O) groups excluding carboxylic acids is 1. The van der Waals surface area contributed by atoms with E-state index in [9.17, 15) is 13.2 Å². The molecule has 1 rings (SSSR count). The summed E-state index contributed by atoms with van der Waals surface area (Å²) in [6, 6.07) is -0.0767. The Labute approximate surface area is 132 Å². The zero-order valence-corrected chi connectivity index (χ0v) is 14.0. The van der Waals surface area contributed by atoms with Crippen molar-refractivity contribution in [2.45, 2.75) is 44.6 Å². The van der Waals surface area contributed by atoms with Gasteiger partial charge >= 0.3 is 5.97 Å². The molecule has 0 radical (unpaired) electrons. The van der Waals surface area contributed by atoms with E-state index in [0.717, 1.165) is 12.8 Å². The molecule has 1 aliphatic rings. The summed E-state index contributed by atoms with van der Waals surface area (Å²) in [4.78, 5) is 11.4. The zero-order chi connectivity index (χ0) is 15.7. The molecule has 0 unspecified atom stereocenters. The van der Waals surface area contributed by atoms with E-state index in [4.69, 9.17) is 16.3 Å². The van der Waals surface area contributed by atoms with Crippen molar-refractivity contribution < 1.29 is 17.9 Å². The van der Waals surface area contributed by atoms with Gasteiger partial charge in [0.2, 0.25) is 10.0 Å². The maximum atomic E-state index is 11.9. The third-order valence-corrected chi connectivity index (χ3v) is 5.19. The Hall–Kier alpha value is -0.590. The Kier molecular flexibility index (Phi) is 8.29. The van der Waals surface area contributed by atoms with Gasteiger partial charge in [-0.15, -0.1) is 11.6 Å². The summed E-state index contributed by atoms with van der Waals surface area (Å²) in [5.41, 5.74) is 0. The number of alkyl halides is 1. The highest BCUT2D eigenvalue weighted by Gasteiger charge is 2.28.